The van der Waals surface area contributed by atoms with Crippen LogP contribution in [0, 0.1) is 0 Å². The maximum Gasteiger partial charge on any atom is 0.119 e. The number of aliphatic hydroxyl groups is 1. The van der Waals surface area contributed by atoms with Crippen LogP contribution < -0.4 is 4.74 Å². The highest BCUT2D eigenvalue weighted by Crippen LogP contribution is 2.13. The zero-order chi connectivity index (χ0) is 15.0. The molecule has 1 unspecified atom stereocenters. The number of likely N-dealkylation sites (N-methyl/N-ethyl adjacent to an activating group) is 1. The predicted octanol–water partition coefficient (Wildman–Crippen LogP) is 2.30. The Morgan fingerprint density at radius 2 is 1.85 bits per heavy atom. The van der Waals surface area contributed by atoms with Crippen molar-refractivity contribution < 1.29 is 14.6 Å². The Morgan fingerprint density at radius 1 is 1.20 bits per heavy atom. The number of aliphatic hydroxyl groups excluding tert-OH is 1. The van der Waals surface area contributed by atoms with Crippen molar-refractivity contribution in [3.63, 3.8) is 0 Å². The van der Waals surface area contributed by atoms with Crippen LogP contribution in [-0.4, -0.2) is 49.0 Å². The van der Waals surface area contributed by atoms with Gasteiger partial charge in [0.1, 0.15) is 5.75 Å². The lowest BCUT2D eigenvalue weighted by atomic mass is 10.2. The molecule has 1 aromatic carbocycles. The molecule has 0 aromatic heterocycles. The highest BCUT2D eigenvalue weighted by molar-refractivity contribution is 5.27. The van der Waals surface area contributed by atoms with Crippen molar-refractivity contribution in [1.82, 2.24) is 4.90 Å². The summed E-state index contributed by atoms with van der Waals surface area (Å²) in [5.74, 6) is 0.893. The van der Waals surface area contributed by atoms with Gasteiger partial charge >= 0.3 is 0 Å². The molecule has 0 aliphatic carbocycles. The Bertz CT molecular complexity index is 364. The minimum absolute atomic E-state index is 0.154. The van der Waals surface area contributed by atoms with Crippen LogP contribution in [0.15, 0.2) is 24.3 Å². The van der Waals surface area contributed by atoms with E-state index in [1.165, 1.54) is 5.56 Å². The van der Waals surface area contributed by atoms with Crippen LogP contribution in [0.2, 0.25) is 0 Å². The highest BCUT2D eigenvalue weighted by Gasteiger charge is 2.10. The van der Waals surface area contributed by atoms with Crippen LogP contribution in [0.5, 0.6) is 5.75 Å². The number of benzene rings is 1. The van der Waals surface area contributed by atoms with E-state index in [4.69, 9.17) is 9.47 Å². The fourth-order valence-corrected chi connectivity index (χ4v) is 1.95. The molecule has 4 nitrogen and oxygen atoms in total. The molecule has 0 spiro atoms. The van der Waals surface area contributed by atoms with Gasteiger partial charge in [-0.05, 0) is 45.5 Å². The van der Waals surface area contributed by atoms with Gasteiger partial charge in [-0.15, -0.1) is 0 Å². The molecule has 0 saturated carbocycles. The number of hydrogen-bond acceptors (Lipinski definition) is 4. The minimum atomic E-state index is -0.454. The van der Waals surface area contributed by atoms with Gasteiger partial charge in [0.25, 0.3) is 0 Å². The van der Waals surface area contributed by atoms with Gasteiger partial charge in [0.15, 0.2) is 0 Å². The minimum Gasteiger partial charge on any atom is -0.494 e. The van der Waals surface area contributed by atoms with Gasteiger partial charge in [0, 0.05) is 13.1 Å². The summed E-state index contributed by atoms with van der Waals surface area (Å²) in [4.78, 5) is 2.09. The molecule has 0 heterocycles. The monoisotopic (exact) mass is 281 g/mol. The van der Waals surface area contributed by atoms with Crippen LogP contribution >= 0.6 is 0 Å². The number of hydrogen-bond donors (Lipinski definition) is 1. The largest absolute Gasteiger partial charge is 0.494 e. The van der Waals surface area contributed by atoms with Crippen LogP contribution in [0.3, 0.4) is 0 Å². The summed E-state index contributed by atoms with van der Waals surface area (Å²) in [6.07, 6.45) is -0.300. The molecule has 4 heteroatoms. The first-order valence-corrected chi connectivity index (χ1v) is 7.21. The van der Waals surface area contributed by atoms with Crippen molar-refractivity contribution in [2.45, 2.75) is 39.5 Å². The summed E-state index contributed by atoms with van der Waals surface area (Å²) in [5, 5.41) is 9.87. The summed E-state index contributed by atoms with van der Waals surface area (Å²) >= 11 is 0. The zero-order valence-electron chi connectivity index (χ0n) is 13.0. The van der Waals surface area contributed by atoms with Crippen molar-refractivity contribution in [2.75, 3.05) is 26.8 Å². The lowest BCUT2D eigenvalue weighted by Crippen LogP contribution is -2.32. The van der Waals surface area contributed by atoms with Crippen LogP contribution in [0.1, 0.15) is 26.3 Å². The topological polar surface area (TPSA) is 41.9 Å². The Morgan fingerprint density at radius 3 is 2.40 bits per heavy atom. The molecule has 1 atom stereocenters. The molecule has 0 radical (unpaired) electrons. The molecular weight excluding hydrogens is 254 g/mol. The van der Waals surface area contributed by atoms with Gasteiger partial charge in [-0.3, -0.25) is 4.90 Å². The number of nitrogens with zero attached hydrogens (tertiary/aromatic N) is 1. The Balaban J connectivity index is 2.35. The molecule has 0 amide bonds. The predicted molar refractivity (Wildman–Crippen MR) is 81.0 cm³/mol. The summed E-state index contributed by atoms with van der Waals surface area (Å²) in [6.45, 7) is 8.37. The van der Waals surface area contributed by atoms with Gasteiger partial charge in [-0.25, -0.2) is 0 Å². The van der Waals surface area contributed by atoms with Gasteiger partial charge in [-0.1, -0.05) is 12.1 Å². The van der Waals surface area contributed by atoms with Crippen molar-refractivity contribution in [3.05, 3.63) is 29.8 Å². The standard InChI is InChI=1S/C16H27NO3/c1-5-19-16-8-6-14(7-9-16)10-17(4)11-15(18)12-20-13(2)3/h6-9,13,15,18H,5,10-12H2,1-4H3. The highest BCUT2D eigenvalue weighted by atomic mass is 16.5. The third kappa shape index (κ3) is 6.89. The van der Waals surface area contributed by atoms with Crippen molar-refractivity contribution in [3.8, 4) is 5.75 Å². The molecule has 20 heavy (non-hydrogen) atoms. The number of ether oxygens (including phenoxy) is 2. The van der Waals surface area contributed by atoms with E-state index >= 15 is 0 Å². The molecule has 1 N–H and O–H groups in total. The van der Waals surface area contributed by atoms with Gasteiger partial charge in [0.05, 0.1) is 25.4 Å². The number of rotatable bonds is 9. The molecule has 0 bridgehead atoms. The lowest BCUT2D eigenvalue weighted by Gasteiger charge is -2.21. The van der Waals surface area contributed by atoms with Gasteiger partial charge in [0.2, 0.25) is 0 Å². The van der Waals surface area contributed by atoms with E-state index in [2.05, 4.69) is 17.0 Å². The van der Waals surface area contributed by atoms with E-state index < -0.39 is 6.10 Å². The van der Waals surface area contributed by atoms with Crippen molar-refractivity contribution in [1.29, 1.82) is 0 Å². The molecule has 0 aliphatic rings. The van der Waals surface area contributed by atoms with Crippen LogP contribution in [0.4, 0.5) is 0 Å². The van der Waals surface area contributed by atoms with Crippen LogP contribution in [0.25, 0.3) is 0 Å². The van der Waals surface area contributed by atoms with Crippen molar-refractivity contribution >= 4 is 0 Å². The average molecular weight is 281 g/mol. The third-order valence-electron chi connectivity index (χ3n) is 2.83. The molecule has 1 aromatic rings. The first-order valence-electron chi connectivity index (χ1n) is 7.21. The van der Waals surface area contributed by atoms with E-state index in [1.54, 1.807) is 0 Å². The SMILES string of the molecule is CCOc1ccc(CN(C)CC(O)COC(C)C)cc1. The summed E-state index contributed by atoms with van der Waals surface area (Å²) in [7, 11) is 2.00. The Labute approximate surface area is 122 Å². The smallest absolute Gasteiger partial charge is 0.119 e. The van der Waals surface area contributed by atoms with E-state index in [9.17, 15) is 5.11 Å². The second kappa shape index (κ2) is 8.95. The van der Waals surface area contributed by atoms with E-state index in [1.807, 2.05) is 40.0 Å². The quantitative estimate of drug-likeness (QED) is 0.754. The average Bonchev–Trinajstić information content (AvgIpc) is 2.39. The lowest BCUT2D eigenvalue weighted by molar-refractivity contribution is -0.00634. The molecule has 0 saturated heterocycles. The second-order valence-electron chi connectivity index (χ2n) is 5.31. The molecule has 114 valence electrons. The fraction of sp³-hybridized carbons (Fsp3) is 0.625. The van der Waals surface area contributed by atoms with E-state index in [-0.39, 0.29) is 6.10 Å². The molecule has 0 fully saturated rings. The van der Waals surface area contributed by atoms with Gasteiger partial charge < -0.3 is 14.6 Å². The summed E-state index contributed by atoms with van der Waals surface area (Å²) in [6, 6.07) is 8.06. The molecule has 0 aliphatic heterocycles. The van der Waals surface area contributed by atoms with Crippen LogP contribution in [-0.2, 0) is 11.3 Å². The third-order valence-corrected chi connectivity index (χ3v) is 2.83. The molecular formula is C16H27NO3. The Hall–Kier alpha value is -1.10. The summed E-state index contributed by atoms with van der Waals surface area (Å²) < 4.78 is 10.8. The van der Waals surface area contributed by atoms with E-state index in [0.29, 0.717) is 19.8 Å². The zero-order valence-corrected chi connectivity index (χ0v) is 13.0. The summed E-state index contributed by atoms with van der Waals surface area (Å²) in [5.41, 5.74) is 1.20. The fourth-order valence-electron chi connectivity index (χ4n) is 1.95. The van der Waals surface area contributed by atoms with Crippen molar-refractivity contribution in [2.24, 2.45) is 0 Å². The Kier molecular flexibility index (Phi) is 7.59. The first-order chi connectivity index (χ1) is 9.51. The maximum absolute atomic E-state index is 9.87. The second-order valence-corrected chi connectivity index (χ2v) is 5.31. The van der Waals surface area contributed by atoms with Gasteiger partial charge in [-0.2, -0.15) is 0 Å². The normalized spacial score (nSPS) is 12.9. The maximum atomic E-state index is 9.87. The molecule has 1 rings (SSSR count). The first kappa shape index (κ1) is 17.0. The van der Waals surface area contributed by atoms with E-state index in [0.717, 1.165) is 12.3 Å².